The number of amides is 2. The molecule has 11 heteroatoms. The van der Waals surface area contributed by atoms with Gasteiger partial charge in [0.2, 0.25) is 0 Å². The van der Waals surface area contributed by atoms with Gasteiger partial charge in [-0.05, 0) is 26.8 Å². The number of nitrogens with one attached hydrogen (secondary N) is 2. The fourth-order valence-electron chi connectivity index (χ4n) is 3.86. The molecule has 2 N–H and O–H groups in total. The number of ether oxygens (including phenoxy) is 1. The largest absolute Gasteiger partial charge is 0.444 e. The molecular weight excluding hydrogens is 427 g/mol. The van der Waals surface area contributed by atoms with Gasteiger partial charge in [-0.1, -0.05) is 12.1 Å². The monoisotopic (exact) mass is 449 g/mol. The minimum Gasteiger partial charge on any atom is -0.444 e. The zero-order chi connectivity index (χ0) is 23.4. The molecule has 1 aliphatic rings. The van der Waals surface area contributed by atoms with E-state index in [0.29, 0.717) is 22.2 Å². The van der Waals surface area contributed by atoms with Crippen LogP contribution in [0.25, 0.3) is 22.0 Å². The molecule has 2 amide bonds. The summed E-state index contributed by atoms with van der Waals surface area (Å²) in [6.45, 7) is 5.13. The number of para-hydroxylation sites is 1. The highest BCUT2D eigenvalue weighted by Crippen LogP contribution is 2.41. The van der Waals surface area contributed by atoms with E-state index in [1.807, 2.05) is 5.10 Å². The minimum absolute atomic E-state index is 0.0229. The standard InChI is InChI=1S/C21H22F3N5O3/c1-20(2,3)32-19(31)26-14-10-29-9-13(12-8-25-27-17(12)21(22,23)24)11-6-5-7-15(16(11)29)28(4)18(14)30/h5-9,14H,10H2,1-4H3,(H,25,27)(H,26,31)/t14-/m0/s1. The van der Waals surface area contributed by atoms with E-state index in [1.54, 1.807) is 56.8 Å². The van der Waals surface area contributed by atoms with Crippen molar-refractivity contribution in [3.8, 4) is 11.1 Å². The van der Waals surface area contributed by atoms with Crippen LogP contribution in [-0.2, 0) is 22.3 Å². The van der Waals surface area contributed by atoms with Gasteiger partial charge in [0, 0.05) is 29.8 Å². The first-order valence-electron chi connectivity index (χ1n) is 9.86. The summed E-state index contributed by atoms with van der Waals surface area (Å²) in [6.07, 6.45) is -2.69. The van der Waals surface area contributed by atoms with Gasteiger partial charge in [0.15, 0.2) is 0 Å². The van der Waals surface area contributed by atoms with Crippen molar-refractivity contribution in [1.82, 2.24) is 20.1 Å². The summed E-state index contributed by atoms with van der Waals surface area (Å²) >= 11 is 0. The molecular formula is C21H22F3N5O3. The van der Waals surface area contributed by atoms with Crippen molar-refractivity contribution >= 4 is 28.6 Å². The maximum Gasteiger partial charge on any atom is 0.433 e. The molecule has 0 spiro atoms. The number of anilines is 1. The molecule has 2 aromatic heterocycles. The molecule has 3 aromatic rings. The first-order chi connectivity index (χ1) is 14.9. The topological polar surface area (TPSA) is 92.2 Å². The molecule has 1 aliphatic heterocycles. The maximum atomic E-state index is 13.5. The van der Waals surface area contributed by atoms with Crippen LogP contribution in [0.5, 0.6) is 0 Å². The van der Waals surface area contributed by atoms with Crippen molar-refractivity contribution in [2.75, 3.05) is 11.9 Å². The van der Waals surface area contributed by atoms with Gasteiger partial charge in [-0.25, -0.2) is 4.79 Å². The second kappa shape index (κ2) is 7.28. The molecule has 32 heavy (non-hydrogen) atoms. The number of benzene rings is 1. The average molecular weight is 449 g/mol. The van der Waals surface area contributed by atoms with E-state index in [0.717, 1.165) is 6.20 Å². The van der Waals surface area contributed by atoms with Crippen molar-refractivity contribution in [3.63, 3.8) is 0 Å². The normalized spacial score (nSPS) is 16.9. The van der Waals surface area contributed by atoms with Crippen LogP contribution < -0.4 is 10.2 Å². The number of halogens is 3. The summed E-state index contributed by atoms with van der Waals surface area (Å²) in [4.78, 5) is 26.7. The number of aromatic nitrogens is 3. The van der Waals surface area contributed by atoms with Gasteiger partial charge in [-0.15, -0.1) is 0 Å². The zero-order valence-corrected chi connectivity index (χ0v) is 17.9. The number of hydrogen-bond acceptors (Lipinski definition) is 4. The summed E-state index contributed by atoms with van der Waals surface area (Å²) in [5.74, 6) is -0.368. The predicted molar refractivity (Wildman–Crippen MR) is 111 cm³/mol. The number of alkyl carbamates (subject to hydrolysis) is 1. The molecule has 0 unspecified atom stereocenters. The molecule has 4 rings (SSSR count). The highest BCUT2D eigenvalue weighted by atomic mass is 19.4. The lowest BCUT2D eigenvalue weighted by atomic mass is 10.0. The average Bonchev–Trinajstić information content (AvgIpc) is 3.27. The molecule has 0 radical (unpaired) electrons. The number of H-pyrrole nitrogens is 1. The van der Waals surface area contributed by atoms with Crippen molar-refractivity contribution in [2.45, 2.75) is 45.1 Å². The third kappa shape index (κ3) is 3.78. The maximum absolute atomic E-state index is 13.5. The van der Waals surface area contributed by atoms with E-state index < -0.39 is 29.6 Å². The molecule has 1 atom stereocenters. The molecule has 0 bridgehead atoms. The SMILES string of the molecule is CN1C(=O)[C@@H](NC(=O)OC(C)(C)C)Cn2cc(-c3cn[nH]c3C(F)(F)F)c3cccc1c32. The van der Waals surface area contributed by atoms with Crippen LogP contribution in [0.2, 0.25) is 0 Å². The zero-order valence-electron chi connectivity index (χ0n) is 17.9. The second-order valence-electron chi connectivity index (χ2n) is 8.62. The Bertz CT molecular complexity index is 1210. The molecule has 1 aromatic carbocycles. The first kappa shape index (κ1) is 21.7. The summed E-state index contributed by atoms with van der Waals surface area (Å²) in [7, 11) is 1.56. The fraction of sp³-hybridized carbons (Fsp3) is 0.381. The highest BCUT2D eigenvalue weighted by Gasteiger charge is 2.38. The van der Waals surface area contributed by atoms with E-state index in [9.17, 15) is 22.8 Å². The van der Waals surface area contributed by atoms with Crippen LogP contribution in [0.1, 0.15) is 26.5 Å². The smallest absolute Gasteiger partial charge is 0.433 e. The Labute approximate surface area is 181 Å². The van der Waals surface area contributed by atoms with Crippen LogP contribution in [0.4, 0.5) is 23.7 Å². The number of nitrogens with zero attached hydrogens (tertiary/aromatic N) is 3. The molecule has 8 nitrogen and oxygen atoms in total. The van der Waals surface area contributed by atoms with E-state index in [1.165, 1.54) is 4.90 Å². The van der Waals surface area contributed by atoms with E-state index in [4.69, 9.17) is 4.74 Å². The van der Waals surface area contributed by atoms with Gasteiger partial charge in [0.25, 0.3) is 5.91 Å². The number of carbonyl (C=O) groups is 2. The Hall–Kier alpha value is -3.50. The molecule has 170 valence electrons. The highest BCUT2D eigenvalue weighted by molar-refractivity contribution is 6.10. The summed E-state index contributed by atoms with van der Waals surface area (Å²) < 4.78 is 47.4. The van der Waals surface area contributed by atoms with Crippen LogP contribution in [0.3, 0.4) is 0 Å². The number of alkyl halides is 3. The molecule has 0 saturated heterocycles. The van der Waals surface area contributed by atoms with Gasteiger partial charge in [-0.3, -0.25) is 9.89 Å². The second-order valence-corrected chi connectivity index (χ2v) is 8.62. The fourth-order valence-corrected chi connectivity index (χ4v) is 3.86. The van der Waals surface area contributed by atoms with Crippen molar-refractivity contribution in [1.29, 1.82) is 0 Å². The van der Waals surface area contributed by atoms with Gasteiger partial charge >= 0.3 is 12.3 Å². The Kier molecular flexibility index (Phi) is 4.94. The van der Waals surface area contributed by atoms with Gasteiger partial charge in [0.05, 0.1) is 23.9 Å². The minimum atomic E-state index is -4.61. The van der Waals surface area contributed by atoms with E-state index in [2.05, 4.69) is 10.4 Å². The van der Waals surface area contributed by atoms with Crippen molar-refractivity contribution in [3.05, 3.63) is 36.3 Å². The molecule has 0 fully saturated rings. The molecule has 3 heterocycles. The predicted octanol–water partition coefficient (Wildman–Crippen LogP) is 3.92. The molecule has 0 saturated carbocycles. The van der Waals surface area contributed by atoms with E-state index >= 15 is 0 Å². The third-order valence-corrected chi connectivity index (χ3v) is 5.15. The lowest BCUT2D eigenvalue weighted by Gasteiger charge is -2.24. The number of aromatic amines is 1. The van der Waals surface area contributed by atoms with Crippen molar-refractivity contribution < 1.29 is 27.5 Å². The Morgan fingerprint density at radius 1 is 1.25 bits per heavy atom. The van der Waals surface area contributed by atoms with Crippen molar-refractivity contribution in [2.24, 2.45) is 0 Å². The number of hydrogen-bond donors (Lipinski definition) is 2. The van der Waals surface area contributed by atoms with Gasteiger partial charge < -0.3 is 19.5 Å². The Balaban J connectivity index is 1.81. The number of rotatable bonds is 2. The van der Waals surface area contributed by atoms with Crippen LogP contribution in [-0.4, -0.2) is 45.5 Å². The van der Waals surface area contributed by atoms with E-state index in [-0.39, 0.29) is 18.0 Å². The lowest BCUT2D eigenvalue weighted by molar-refractivity contribution is -0.140. The Morgan fingerprint density at radius 3 is 2.62 bits per heavy atom. The van der Waals surface area contributed by atoms with Crippen LogP contribution >= 0.6 is 0 Å². The quantitative estimate of drug-likeness (QED) is 0.620. The number of carbonyl (C=O) groups excluding carboxylic acids is 2. The Morgan fingerprint density at radius 2 is 1.97 bits per heavy atom. The molecule has 0 aliphatic carbocycles. The van der Waals surface area contributed by atoms with Crippen LogP contribution in [0, 0.1) is 0 Å². The number of likely N-dealkylation sites (N-methyl/N-ethyl adjacent to an activating group) is 1. The summed E-state index contributed by atoms with van der Waals surface area (Å²) in [5, 5.41) is 8.73. The van der Waals surface area contributed by atoms with Crippen LogP contribution in [0.15, 0.2) is 30.6 Å². The summed E-state index contributed by atoms with van der Waals surface area (Å²) in [5.41, 5.74) is -0.376. The first-order valence-corrected chi connectivity index (χ1v) is 9.86. The lowest BCUT2D eigenvalue weighted by Crippen LogP contribution is -2.49. The summed E-state index contributed by atoms with van der Waals surface area (Å²) in [6, 6.07) is 4.09. The van der Waals surface area contributed by atoms with Gasteiger partial charge in [-0.2, -0.15) is 18.3 Å². The van der Waals surface area contributed by atoms with Gasteiger partial charge in [0.1, 0.15) is 17.3 Å². The third-order valence-electron chi connectivity index (χ3n) is 5.15.